The molecule has 0 saturated heterocycles. The quantitative estimate of drug-likeness (QED) is 0.0423. The van der Waals surface area contributed by atoms with Gasteiger partial charge in [-0.3, -0.25) is 0 Å². The zero-order valence-corrected chi connectivity index (χ0v) is 43.7. The first-order chi connectivity index (χ1) is 29.3. The zero-order valence-electron chi connectivity index (χ0n) is 43.7. The van der Waals surface area contributed by atoms with Gasteiger partial charge in [0.1, 0.15) is 0 Å². The third kappa shape index (κ3) is 50.6. The van der Waals surface area contributed by atoms with Crippen LogP contribution < -0.4 is 0 Å². The van der Waals surface area contributed by atoms with Crippen molar-refractivity contribution < 1.29 is 8.97 Å². The lowest BCUT2D eigenvalue weighted by molar-refractivity contribution is -0.890. The van der Waals surface area contributed by atoms with E-state index < -0.39 is 0 Å². The number of hydrogen-bond acceptors (Lipinski definition) is 0. The Kier molecular flexibility index (Phi) is 48.3. The fourth-order valence-corrected chi connectivity index (χ4v) is 9.95. The Hall–Kier alpha value is -0.0800. The molecule has 0 aromatic carbocycles. The molecule has 60 heavy (non-hydrogen) atoms. The average Bonchev–Trinajstić information content (AvgIpc) is 3.22. The summed E-state index contributed by atoms with van der Waals surface area (Å²) < 4.78 is 2.49. The summed E-state index contributed by atoms with van der Waals surface area (Å²) >= 11 is 0. The van der Waals surface area contributed by atoms with E-state index in [0.717, 1.165) is 0 Å². The lowest BCUT2D eigenvalue weighted by Crippen LogP contribution is -2.41. The fourth-order valence-electron chi connectivity index (χ4n) is 9.95. The van der Waals surface area contributed by atoms with E-state index in [9.17, 15) is 0 Å². The molecule has 0 aromatic heterocycles. The molecule has 0 fully saturated rings. The first kappa shape index (κ1) is 59.9. The Morgan fingerprint density at radius 1 is 0.150 bits per heavy atom. The molecule has 0 unspecified atom stereocenters. The predicted octanol–water partition coefficient (Wildman–Crippen LogP) is 19.9. The molecule has 0 amide bonds. The largest absolute Gasteiger partial charge is 0.328 e. The van der Waals surface area contributed by atoms with Gasteiger partial charge in [-0.1, -0.05) is 271 Å². The molecule has 0 N–H and O–H groups in total. The number of nitrogens with zero attached hydrogens (tertiary/aromatic N) is 2. The molecule has 0 aliphatic carbocycles. The molecule has 0 radical (unpaired) electrons. The normalized spacial score (nSPS) is 12.3. The van der Waals surface area contributed by atoms with Crippen LogP contribution in [0.25, 0.3) is 0 Å². The maximum Gasteiger partial charge on any atom is 0.0782 e. The minimum absolute atomic E-state index is 1.25. The highest BCUT2D eigenvalue weighted by atomic mass is 15.3. The van der Waals surface area contributed by atoms with Crippen molar-refractivity contribution in [2.75, 3.05) is 54.4 Å². The smallest absolute Gasteiger partial charge is 0.0782 e. The predicted molar refractivity (Wildman–Crippen MR) is 277 cm³/mol. The van der Waals surface area contributed by atoms with Gasteiger partial charge in [0.15, 0.2) is 0 Å². The first-order valence-electron chi connectivity index (χ1n) is 29.0. The summed E-state index contributed by atoms with van der Waals surface area (Å²) in [6.07, 6.45) is 70.4. The summed E-state index contributed by atoms with van der Waals surface area (Å²) in [5.74, 6) is 0. The van der Waals surface area contributed by atoms with Gasteiger partial charge >= 0.3 is 0 Å². The van der Waals surface area contributed by atoms with Crippen LogP contribution in [0.3, 0.4) is 0 Å². The monoisotopic (exact) mass is 847 g/mol. The SMILES string of the molecule is CCCCCCCCCCCCCCCCCC[N+](C)(C)CCCCCCCCCCCCCCCCCC[N+](C)(C)CCCCCCCCCCCCCCCCCC. The van der Waals surface area contributed by atoms with Crippen LogP contribution in [0.2, 0.25) is 0 Å². The Labute approximate surface area is 383 Å². The molecule has 0 rings (SSSR count). The van der Waals surface area contributed by atoms with Crippen molar-refractivity contribution in [1.29, 1.82) is 0 Å². The van der Waals surface area contributed by atoms with Gasteiger partial charge in [-0.15, -0.1) is 0 Å². The lowest BCUT2D eigenvalue weighted by Gasteiger charge is -2.30. The van der Waals surface area contributed by atoms with E-state index in [-0.39, 0.29) is 0 Å². The number of quaternary nitrogens is 2. The van der Waals surface area contributed by atoms with E-state index in [1.54, 1.807) is 0 Å². The molecule has 0 heterocycles. The minimum Gasteiger partial charge on any atom is -0.328 e. The molecular formula is C58H122N2+2. The molecule has 0 aromatic rings. The molecule has 0 atom stereocenters. The maximum atomic E-state index is 2.48. The van der Waals surface area contributed by atoms with Crippen LogP contribution in [0, 0.1) is 0 Å². The Morgan fingerprint density at radius 3 is 0.367 bits per heavy atom. The molecule has 0 bridgehead atoms. The summed E-state index contributed by atoms with van der Waals surface area (Å²) in [5.41, 5.74) is 0. The third-order valence-corrected chi connectivity index (χ3v) is 14.5. The first-order valence-corrected chi connectivity index (χ1v) is 29.0. The van der Waals surface area contributed by atoms with Crippen molar-refractivity contribution in [3.05, 3.63) is 0 Å². The molecule has 0 aliphatic heterocycles. The van der Waals surface area contributed by atoms with Crippen molar-refractivity contribution in [3.63, 3.8) is 0 Å². The van der Waals surface area contributed by atoms with Gasteiger partial charge in [0.05, 0.1) is 54.4 Å². The standard InChI is InChI=1S/C58H122N2/c1-7-9-11-13-15-17-19-21-23-27-31-35-39-43-47-51-55-59(3,4)57-53-49-45-41-37-33-29-25-26-30-34-38-42-46-50-54-58-60(5,6)56-52-48-44-40-36-32-28-24-22-20-18-16-14-12-10-8-2/h7-58H2,1-6H3/q+2. The van der Waals surface area contributed by atoms with Gasteiger partial charge in [-0.2, -0.15) is 0 Å². The summed E-state index contributed by atoms with van der Waals surface area (Å²) in [4.78, 5) is 0. The molecule has 0 spiro atoms. The molecular weight excluding hydrogens is 725 g/mol. The third-order valence-electron chi connectivity index (χ3n) is 14.5. The molecule has 362 valence electrons. The highest BCUT2D eigenvalue weighted by molar-refractivity contribution is 4.54. The van der Waals surface area contributed by atoms with Gasteiger partial charge in [-0.25, -0.2) is 0 Å². The van der Waals surface area contributed by atoms with Crippen LogP contribution in [0.4, 0.5) is 0 Å². The number of rotatable bonds is 53. The lowest BCUT2D eigenvalue weighted by atomic mass is 10.0. The van der Waals surface area contributed by atoms with Crippen molar-refractivity contribution in [1.82, 2.24) is 0 Å². The van der Waals surface area contributed by atoms with Gasteiger partial charge in [0.2, 0.25) is 0 Å². The van der Waals surface area contributed by atoms with E-state index in [2.05, 4.69) is 42.0 Å². The molecule has 0 saturated carbocycles. The second kappa shape index (κ2) is 48.4. The van der Waals surface area contributed by atoms with E-state index in [4.69, 9.17) is 0 Å². The van der Waals surface area contributed by atoms with Crippen LogP contribution in [-0.2, 0) is 0 Å². The van der Waals surface area contributed by atoms with Crippen LogP contribution >= 0.6 is 0 Å². The van der Waals surface area contributed by atoms with Crippen molar-refractivity contribution in [3.8, 4) is 0 Å². The second-order valence-electron chi connectivity index (χ2n) is 22.0. The molecule has 0 aliphatic rings. The summed E-state index contributed by atoms with van der Waals surface area (Å²) in [5, 5.41) is 0. The van der Waals surface area contributed by atoms with Crippen LogP contribution in [0.5, 0.6) is 0 Å². The van der Waals surface area contributed by atoms with Crippen LogP contribution in [-0.4, -0.2) is 63.3 Å². The second-order valence-corrected chi connectivity index (χ2v) is 22.0. The number of hydrogen-bond donors (Lipinski definition) is 0. The van der Waals surface area contributed by atoms with Crippen LogP contribution in [0.1, 0.15) is 322 Å². The van der Waals surface area contributed by atoms with E-state index in [1.165, 1.54) is 343 Å². The van der Waals surface area contributed by atoms with Gasteiger partial charge in [0, 0.05) is 0 Å². The van der Waals surface area contributed by atoms with Gasteiger partial charge in [0.25, 0.3) is 0 Å². The highest BCUT2D eigenvalue weighted by Gasteiger charge is 2.14. The van der Waals surface area contributed by atoms with Crippen molar-refractivity contribution in [2.24, 2.45) is 0 Å². The van der Waals surface area contributed by atoms with Crippen LogP contribution in [0.15, 0.2) is 0 Å². The summed E-state index contributed by atoms with van der Waals surface area (Å²) in [6, 6.07) is 0. The maximum absolute atomic E-state index is 2.48. The Balaban J connectivity index is 3.34. The van der Waals surface area contributed by atoms with Gasteiger partial charge in [-0.05, 0) is 51.4 Å². The zero-order chi connectivity index (χ0) is 43.8. The minimum atomic E-state index is 1.25. The molecule has 2 nitrogen and oxygen atoms in total. The van der Waals surface area contributed by atoms with E-state index in [1.807, 2.05) is 0 Å². The average molecular weight is 848 g/mol. The fraction of sp³-hybridized carbons (Fsp3) is 1.00. The highest BCUT2D eigenvalue weighted by Crippen LogP contribution is 2.18. The van der Waals surface area contributed by atoms with Gasteiger partial charge < -0.3 is 8.97 Å². The Morgan fingerprint density at radius 2 is 0.250 bits per heavy atom. The number of unbranched alkanes of at least 4 members (excludes halogenated alkanes) is 45. The topological polar surface area (TPSA) is 0 Å². The van der Waals surface area contributed by atoms with Crippen molar-refractivity contribution >= 4 is 0 Å². The van der Waals surface area contributed by atoms with E-state index >= 15 is 0 Å². The summed E-state index contributed by atoms with van der Waals surface area (Å²) in [6.45, 7) is 10.2. The summed E-state index contributed by atoms with van der Waals surface area (Å²) in [7, 11) is 9.93. The Bertz CT molecular complexity index is 709. The molecule has 2 heteroatoms. The van der Waals surface area contributed by atoms with E-state index in [0.29, 0.717) is 0 Å². The van der Waals surface area contributed by atoms with Crippen molar-refractivity contribution in [2.45, 2.75) is 322 Å².